The maximum Gasteiger partial charge on any atom is 0.236 e. The SMILES string of the molecule is O=C1CSC(=NN=Cc2cc(F)c(Br)cc2I)N1. The van der Waals surface area contributed by atoms with Crippen molar-refractivity contribution in [2.75, 3.05) is 5.75 Å². The van der Waals surface area contributed by atoms with Gasteiger partial charge in [0.15, 0.2) is 5.17 Å². The van der Waals surface area contributed by atoms with Gasteiger partial charge in [-0.15, -0.1) is 5.10 Å². The largest absolute Gasteiger partial charge is 0.303 e. The van der Waals surface area contributed by atoms with Crippen LogP contribution in [0.25, 0.3) is 0 Å². The fourth-order valence-corrected chi connectivity index (χ4v) is 3.17. The molecule has 0 saturated carbocycles. The molecule has 1 aromatic carbocycles. The van der Waals surface area contributed by atoms with E-state index in [4.69, 9.17) is 0 Å². The van der Waals surface area contributed by atoms with Crippen LogP contribution in [0, 0.1) is 9.39 Å². The highest BCUT2D eigenvalue weighted by Gasteiger charge is 2.15. The molecule has 94 valence electrons. The van der Waals surface area contributed by atoms with Gasteiger partial charge < -0.3 is 5.32 Å². The summed E-state index contributed by atoms with van der Waals surface area (Å²) >= 11 is 6.48. The molecular weight excluding hydrogens is 436 g/mol. The fraction of sp³-hybridized carbons (Fsp3) is 0.100. The van der Waals surface area contributed by atoms with Crippen LogP contribution in [0.5, 0.6) is 0 Å². The normalized spacial score (nSPS) is 17.7. The van der Waals surface area contributed by atoms with Crippen LogP contribution < -0.4 is 5.32 Å². The number of nitrogens with zero attached hydrogens (tertiary/aromatic N) is 2. The van der Waals surface area contributed by atoms with Crippen molar-refractivity contribution in [1.29, 1.82) is 0 Å². The molecule has 0 spiro atoms. The van der Waals surface area contributed by atoms with Crippen LogP contribution in [0.4, 0.5) is 4.39 Å². The van der Waals surface area contributed by atoms with E-state index in [9.17, 15) is 9.18 Å². The van der Waals surface area contributed by atoms with E-state index < -0.39 is 0 Å². The van der Waals surface area contributed by atoms with E-state index >= 15 is 0 Å². The molecule has 0 aromatic heterocycles. The quantitative estimate of drug-likeness (QED) is 0.332. The highest BCUT2D eigenvalue weighted by Crippen LogP contribution is 2.21. The zero-order chi connectivity index (χ0) is 13.1. The van der Waals surface area contributed by atoms with Crippen LogP contribution in [-0.2, 0) is 4.79 Å². The minimum atomic E-state index is -0.354. The van der Waals surface area contributed by atoms with Crippen molar-refractivity contribution < 1.29 is 9.18 Å². The number of halogens is 3. The average molecular weight is 442 g/mol. The van der Waals surface area contributed by atoms with Crippen LogP contribution in [0.1, 0.15) is 5.56 Å². The van der Waals surface area contributed by atoms with Gasteiger partial charge >= 0.3 is 0 Å². The number of rotatable bonds is 2. The molecule has 1 amide bonds. The van der Waals surface area contributed by atoms with Crippen LogP contribution in [-0.4, -0.2) is 23.0 Å². The Morgan fingerprint density at radius 2 is 2.33 bits per heavy atom. The molecule has 1 heterocycles. The molecule has 1 N–H and O–H groups in total. The number of carbonyl (C=O) groups excluding carboxylic acids is 1. The highest BCUT2D eigenvalue weighted by molar-refractivity contribution is 14.1. The van der Waals surface area contributed by atoms with Crippen molar-refractivity contribution in [1.82, 2.24) is 5.32 Å². The van der Waals surface area contributed by atoms with E-state index in [0.29, 0.717) is 21.0 Å². The summed E-state index contributed by atoms with van der Waals surface area (Å²) in [7, 11) is 0. The Morgan fingerprint density at radius 1 is 1.56 bits per heavy atom. The lowest BCUT2D eigenvalue weighted by atomic mass is 10.2. The van der Waals surface area contributed by atoms with Gasteiger partial charge in [0.25, 0.3) is 0 Å². The molecule has 4 nitrogen and oxygen atoms in total. The second-order valence-electron chi connectivity index (χ2n) is 3.27. The lowest BCUT2D eigenvalue weighted by Crippen LogP contribution is -2.19. The molecule has 1 aromatic rings. The van der Waals surface area contributed by atoms with Gasteiger partial charge in [-0.25, -0.2) is 4.39 Å². The summed E-state index contributed by atoms with van der Waals surface area (Å²) < 4.78 is 14.6. The van der Waals surface area contributed by atoms with Gasteiger partial charge in [-0.2, -0.15) is 5.10 Å². The van der Waals surface area contributed by atoms with Gasteiger partial charge in [-0.3, -0.25) is 4.79 Å². The number of amidine groups is 1. The maximum absolute atomic E-state index is 13.3. The number of amides is 1. The third-order valence-electron chi connectivity index (χ3n) is 1.97. The Morgan fingerprint density at radius 3 is 3.00 bits per heavy atom. The molecule has 18 heavy (non-hydrogen) atoms. The first kappa shape index (κ1) is 13.9. The van der Waals surface area contributed by atoms with Crippen molar-refractivity contribution in [2.45, 2.75) is 0 Å². The van der Waals surface area contributed by atoms with Crippen molar-refractivity contribution >= 4 is 67.6 Å². The van der Waals surface area contributed by atoms with E-state index in [-0.39, 0.29) is 11.7 Å². The molecule has 0 radical (unpaired) electrons. The van der Waals surface area contributed by atoms with Crippen LogP contribution >= 0.6 is 50.3 Å². The Balaban J connectivity index is 2.14. The van der Waals surface area contributed by atoms with Crippen molar-refractivity contribution in [3.8, 4) is 0 Å². The summed E-state index contributed by atoms with van der Waals surface area (Å²) in [5.74, 6) is -0.0787. The molecule has 0 bridgehead atoms. The Hall–Kier alpha value is -0.480. The molecule has 1 aliphatic heterocycles. The van der Waals surface area contributed by atoms with Gasteiger partial charge in [0, 0.05) is 9.13 Å². The number of hydrogen-bond acceptors (Lipinski definition) is 4. The molecule has 0 aliphatic carbocycles. The summed E-state index contributed by atoms with van der Waals surface area (Å²) in [5, 5.41) is 10.7. The van der Waals surface area contributed by atoms with E-state index in [1.807, 2.05) is 0 Å². The maximum atomic E-state index is 13.3. The van der Waals surface area contributed by atoms with E-state index in [0.717, 1.165) is 3.57 Å². The molecule has 0 unspecified atom stereocenters. The smallest absolute Gasteiger partial charge is 0.236 e. The number of hydrogen-bond donors (Lipinski definition) is 1. The summed E-state index contributed by atoms with van der Waals surface area (Å²) in [6.45, 7) is 0. The first-order valence-electron chi connectivity index (χ1n) is 4.74. The molecule has 8 heteroatoms. The second kappa shape index (κ2) is 6.11. The third kappa shape index (κ3) is 3.51. The minimum absolute atomic E-state index is 0.0850. The monoisotopic (exact) mass is 441 g/mol. The van der Waals surface area contributed by atoms with E-state index in [2.05, 4.69) is 54.0 Å². The van der Waals surface area contributed by atoms with Crippen LogP contribution in [0.15, 0.2) is 26.8 Å². The second-order valence-corrected chi connectivity index (χ2v) is 6.25. The van der Waals surface area contributed by atoms with E-state index in [1.165, 1.54) is 24.0 Å². The number of benzene rings is 1. The predicted octanol–water partition coefficient (Wildman–Crippen LogP) is 2.75. The molecule has 1 aliphatic rings. The van der Waals surface area contributed by atoms with Crippen molar-refractivity contribution in [2.24, 2.45) is 10.2 Å². The first-order valence-corrected chi connectivity index (χ1v) is 7.60. The van der Waals surface area contributed by atoms with Gasteiger partial charge in [0.1, 0.15) is 5.82 Å². The summed E-state index contributed by atoms with van der Waals surface area (Å²) in [6, 6.07) is 3.03. The molecule has 1 fully saturated rings. The van der Waals surface area contributed by atoms with E-state index in [1.54, 1.807) is 6.07 Å². The predicted molar refractivity (Wildman–Crippen MR) is 82.4 cm³/mol. The third-order valence-corrected chi connectivity index (χ3v) is 4.38. The number of carbonyl (C=O) groups is 1. The Labute approximate surface area is 129 Å². The topological polar surface area (TPSA) is 53.8 Å². The first-order chi connectivity index (χ1) is 8.56. The van der Waals surface area contributed by atoms with Crippen LogP contribution in [0.3, 0.4) is 0 Å². The van der Waals surface area contributed by atoms with Crippen molar-refractivity contribution in [3.63, 3.8) is 0 Å². The standard InChI is InChI=1S/C10H6BrFIN3OS/c11-6-2-8(13)5(1-7(6)12)3-14-16-10-15-9(17)4-18-10/h1-3H,4H2,(H,15,16,17). The molecule has 0 atom stereocenters. The molecule has 1 saturated heterocycles. The summed E-state index contributed by atoms with van der Waals surface area (Å²) in [5.41, 5.74) is 0.634. The molecule has 2 rings (SSSR count). The minimum Gasteiger partial charge on any atom is -0.303 e. The van der Waals surface area contributed by atoms with Crippen LogP contribution in [0.2, 0.25) is 0 Å². The highest BCUT2D eigenvalue weighted by atomic mass is 127. The average Bonchev–Trinajstić information content (AvgIpc) is 2.71. The number of nitrogens with one attached hydrogen (secondary N) is 1. The fourth-order valence-electron chi connectivity index (χ4n) is 1.16. The zero-order valence-corrected chi connectivity index (χ0v) is 13.3. The summed E-state index contributed by atoms with van der Waals surface area (Å²) in [6.07, 6.45) is 1.45. The number of thioether (sulfide) groups is 1. The Bertz CT molecular complexity index is 564. The summed E-state index contributed by atoms with van der Waals surface area (Å²) in [4.78, 5) is 10.9. The lowest BCUT2D eigenvalue weighted by molar-refractivity contribution is -0.116. The van der Waals surface area contributed by atoms with Crippen molar-refractivity contribution in [3.05, 3.63) is 31.6 Å². The zero-order valence-electron chi connectivity index (χ0n) is 8.78. The van der Waals surface area contributed by atoms with Gasteiger partial charge in [0.2, 0.25) is 5.91 Å². The van der Waals surface area contributed by atoms with Gasteiger partial charge in [-0.05, 0) is 50.7 Å². The lowest BCUT2D eigenvalue weighted by Gasteiger charge is -2.00. The van der Waals surface area contributed by atoms with Gasteiger partial charge in [-0.1, -0.05) is 11.8 Å². The Kier molecular flexibility index (Phi) is 4.73. The van der Waals surface area contributed by atoms with Gasteiger partial charge in [0.05, 0.1) is 16.4 Å². The molecular formula is C10H6BrFIN3OS.